The van der Waals surface area contributed by atoms with Gasteiger partial charge < -0.3 is 0 Å². The Balaban J connectivity index is -0.0000000133. The van der Waals surface area contributed by atoms with Gasteiger partial charge >= 0.3 is 0 Å². The summed E-state index contributed by atoms with van der Waals surface area (Å²) in [6.45, 7) is 41.6. The van der Waals surface area contributed by atoms with Gasteiger partial charge in [-0.15, -0.1) is 0 Å². The van der Waals surface area contributed by atoms with Crippen LogP contribution in [0.5, 0.6) is 0 Å². The van der Waals surface area contributed by atoms with Crippen molar-refractivity contribution in [3.8, 4) is 0 Å². The molecule has 6 heteroatoms. The number of sulfone groups is 1. The lowest BCUT2D eigenvalue weighted by Gasteiger charge is -1.81. The maximum atomic E-state index is 10.0. The van der Waals surface area contributed by atoms with Gasteiger partial charge in [0.1, 0.15) is 16.6 Å². The van der Waals surface area contributed by atoms with E-state index >= 15 is 0 Å². The van der Waals surface area contributed by atoms with E-state index in [0.717, 1.165) is 6.71 Å². The summed E-state index contributed by atoms with van der Waals surface area (Å²) >= 11 is 0. The van der Waals surface area contributed by atoms with Crippen molar-refractivity contribution in [2.75, 3.05) is 12.0 Å². The van der Waals surface area contributed by atoms with Gasteiger partial charge in [-0.3, -0.25) is 0 Å². The first-order valence-electron chi connectivity index (χ1n) is 12.8. The molecule has 0 aliphatic carbocycles. The maximum absolute atomic E-state index is 10.0. The average Bonchev–Trinajstić information content (AvgIpc) is 2.76. The van der Waals surface area contributed by atoms with Crippen LogP contribution in [-0.4, -0.2) is 44.0 Å². The molecule has 6 radical (unpaired) electrons. The molecule has 0 saturated heterocycles. The molecule has 0 N–H and O–H groups in total. The minimum absolute atomic E-state index is 0. The molecule has 0 bridgehead atoms. The standard InChI is InChI=1S/C4H10.C3H9B.C3H8O2S.C3H8.6C2H6.2B/c1-3-4-2;1-4(2)3;1-3-6(2,4)5;1-3-2;6*1-2;;/h3-4H2,1-2H3;1-3H3;3H2,1-2H3;3H2,1-2H3;6*1-2H3;;. The molecule has 0 aliphatic rings. The van der Waals surface area contributed by atoms with Crippen LogP contribution in [0, 0.1) is 0 Å². The Bertz CT molecular complexity index is 194. The first kappa shape index (κ1) is 77.2. The highest BCUT2D eigenvalue weighted by Crippen LogP contribution is 1.76. The highest BCUT2D eigenvalue weighted by atomic mass is 32.2. The van der Waals surface area contributed by atoms with E-state index in [1.54, 1.807) is 6.92 Å². The minimum Gasteiger partial charge on any atom is -0.229 e. The zero-order valence-corrected chi connectivity index (χ0v) is 27.6. The van der Waals surface area contributed by atoms with Gasteiger partial charge in [-0.1, -0.05) is 157 Å². The zero-order valence-electron chi connectivity index (χ0n) is 26.8. The SMILES string of the molecule is CB(C)C.CC.CC.CC.CC.CC.CC.CCC.CCCC.CCS(C)(=O)=O.[B].[B]. The molecule has 0 aromatic heterocycles. The molecule has 0 atom stereocenters. The molecule has 0 fully saturated rings. The van der Waals surface area contributed by atoms with Crippen molar-refractivity contribution in [2.24, 2.45) is 0 Å². The fourth-order valence-corrected chi connectivity index (χ4v) is 0. The van der Waals surface area contributed by atoms with Gasteiger partial charge in [-0.2, -0.15) is 0 Å². The molecular weight excluding hydrogens is 397 g/mol. The van der Waals surface area contributed by atoms with Crippen LogP contribution in [0.25, 0.3) is 0 Å². The van der Waals surface area contributed by atoms with Gasteiger partial charge in [0.25, 0.3) is 0 Å². The Kier molecular flexibility index (Phi) is 369. The highest BCUT2D eigenvalue weighted by molar-refractivity contribution is 7.90. The van der Waals surface area contributed by atoms with Crippen LogP contribution < -0.4 is 0 Å². The predicted octanol–water partition coefficient (Wildman–Crippen LogP) is 10.0. The van der Waals surface area contributed by atoms with Crippen LogP contribution in [0.1, 0.15) is 137 Å². The van der Waals surface area contributed by atoms with E-state index in [-0.39, 0.29) is 22.6 Å². The number of rotatable bonds is 2. The summed E-state index contributed by atoms with van der Waals surface area (Å²) in [6.07, 6.45) is 5.10. The van der Waals surface area contributed by atoms with Gasteiger partial charge in [0.2, 0.25) is 0 Å². The second-order valence-corrected chi connectivity index (χ2v) is 7.08. The molecule has 31 heavy (non-hydrogen) atoms. The lowest BCUT2D eigenvalue weighted by molar-refractivity contribution is 0.603. The third-order valence-corrected chi connectivity index (χ3v) is 2.07. The Morgan fingerprint density at radius 3 is 0.581 bits per heavy atom. The second-order valence-electron chi connectivity index (χ2n) is 4.65. The molecule has 0 rings (SSSR count). The van der Waals surface area contributed by atoms with Crippen LogP contribution in [0.15, 0.2) is 0 Å². The normalized spacial score (nSPS) is 5.84. The Hall–Kier alpha value is 0.145. The van der Waals surface area contributed by atoms with Gasteiger partial charge in [0.05, 0.1) is 0 Å². The highest BCUT2D eigenvalue weighted by Gasteiger charge is 1.90. The van der Waals surface area contributed by atoms with Crippen molar-refractivity contribution in [2.45, 2.75) is 157 Å². The van der Waals surface area contributed by atoms with E-state index < -0.39 is 9.84 Å². The van der Waals surface area contributed by atoms with Gasteiger partial charge in [-0.25, -0.2) is 8.42 Å². The molecule has 198 valence electrons. The third kappa shape index (κ3) is 1390. The van der Waals surface area contributed by atoms with Gasteiger partial charge in [-0.05, 0) is 0 Å². The van der Waals surface area contributed by atoms with Crippen molar-refractivity contribution < 1.29 is 8.42 Å². The van der Waals surface area contributed by atoms with E-state index in [1.165, 1.54) is 25.5 Å². The summed E-state index contributed by atoms with van der Waals surface area (Å²) in [5, 5.41) is 0. The molecule has 0 amide bonds. The van der Waals surface area contributed by atoms with Crippen LogP contribution >= 0.6 is 0 Å². The topological polar surface area (TPSA) is 34.1 Å². The maximum Gasteiger partial charge on any atom is 0.147 e. The lowest BCUT2D eigenvalue weighted by atomic mass is 9.58. The lowest BCUT2D eigenvalue weighted by Crippen LogP contribution is -1.96. The van der Waals surface area contributed by atoms with Crippen LogP contribution in [0.2, 0.25) is 20.5 Å². The predicted molar refractivity (Wildman–Crippen MR) is 165 cm³/mol. The quantitative estimate of drug-likeness (QED) is 0.378. The molecule has 0 unspecified atom stereocenters. The zero-order chi connectivity index (χ0) is 26.9. The van der Waals surface area contributed by atoms with E-state index in [0.29, 0.717) is 0 Å². The summed E-state index contributed by atoms with van der Waals surface area (Å²) in [6, 6.07) is 0. The summed E-state index contributed by atoms with van der Waals surface area (Å²) < 4.78 is 20.0. The molecule has 0 saturated carbocycles. The largest absolute Gasteiger partial charge is 0.229 e. The molecule has 0 heterocycles. The minimum atomic E-state index is -2.66. The molecule has 0 aliphatic heterocycles. The van der Waals surface area contributed by atoms with Crippen LogP contribution in [0.3, 0.4) is 0 Å². The van der Waals surface area contributed by atoms with Crippen molar-refractivity contribution in [3.05, 3.63) is 0 Å². The van der Waals surface area contributed by atoms with Crippen LogP contribution in [0.4, 0.5) is 0 Å². The molecule has 2 nitrogen and oxygen atoms in total. The van der Waals surface area contributed by atoms with Crippen molar-refractivity contribution in [3.63, 3.8) is 0 Å². The third-order valence-electron chi connectivity index (χ3n) is 1.02. The fraction of sp³-hybridized carbons (Fsp3) is 1.00. The van der Waals surface area contributed by atoms with E-state index in [1.807, 2.05) is 83.1 Å². The number of unbranched alkanes of at least 4 members (excludes halogenated alkanes) is 1. The Labute approximate surface area is 211 Å². The van der Waals surface area contributed by atoms with E-state index in [4.69, 9.17) is 0 Å². The Morgan fingerprint density at radius 2 is 0.581 bits per heavy atom. The number of hydrogen-bond acceptors (Lipinski definition) is 2. The van der Waals surface area contributed by atoms with E-state index in [9.17, 15) is 8.42 Å². The smallest absolute Gasteiger partial charge is 0.147 e. The summed E-state index contributed by atoms with van der Waals surface area (Å²) in [5.41, 5.74) is 0. The summed E-state index contributed by atoms with van der Waals surface area (Å²) in [5.74, 6) is 0.243. The van der Waals surface area contributed by atoms with Gasteiger partial charge in [0, 0.05) is 28.8 Å². The van der Waals surface area contributed by atoms with Crippen molar-refractivity contribution in [1.82, 2.24) is 0 Å². The number of hydrogen-bond donors (Lipinski definition) is 0. The first-order valence-corrected chi connectivity index (χ1v) is 14.9. The van der Waals surface area contributed by atoms with Gasteiger partial charge in [0.15, 0.2) is 0 Å². The Morgan fingerprint density at radius 1 is 0.516 bits per heavy atom. The van der Waals surface area contributed by atoms with Crippen molar-refractivity contribution in [1.29, 1.82) is 0 Å². The second kappa shape index (κ2) is 148. The van der Waals surface area contributed by atoms with Crippen molar-refractivity contribution >= 4 is 33.4 Å². The van der Waals surface area contributed by atoms with E-state index in [2.05, 4.69) is 48.2 Å². The first-order chi connectivity index (χ1) is 13.6. The average molecular weight is 468 g/mol. The van der Waals surface area contributed by atoms with Crippen LogP contribution in [-0.2, 0) is 9.84 Å². The molecule has 0 aromatic rings. The molecule has 0 spiro atoms. The summed E-state index contributed by atoms with van der Waals surface area (Å²) in [4.78, 5) is 0. The summed E-state index contributed by atoms with van der Waals surface area (Å²) in [7, 11) is -2.66. The molecular formula is C25H71B3O2S. The fourth-order valence-electron chi connectivity index (χ4n) is 0. The molecule has 0 aromatic carbocycles. The monoisotopic (exact) mass is 469 g/mol.